The lowest BCUT2D eigenvalue weighted by Crippen LogP contribution is -2.40. The lowest BCUT2D eigenvalue weighted by atomic mass is 10.3. The highest BCUT2D eigenvalue weighted by Gasteiger charge is 2.18. The molecule has 0 aliphatic carbocycles. The van der Waals surface area contributed by atoms with Crippen LogP contribution in [0.25, 0.3) is 0 Å². The van der Waals surface area contributed by atoms with E-state index in [9.17, 15) is 19.2 Å². The summed E-state index contributed by atoms with van der Waals surface area (Å²) in [5, 5.41) is 35.5. The molecule has 2 aromatic rings. The van der Waals surface area contributed by atoms with Crippen molar-refractivity contribution in [3.05, 3.63) is 34.2 Å². The summed E-state index contributed by atoms with van der Waals surface area (Å²) >= 11 is 3.04. The summed E-state index contributed by atoms with van der Waals surface area (Å²) in [5.41, 5.74) is 1.60. The Labute approximate surface area is 158 Å². The van der Waals surface area contributed by atoms with Crippen molar-refractivity contribution in [1.82, 2.24) is 21.1 Å². The van der Waals surface area contributed by atoms with Gasteiger partial charge in [0.2, 0.25) is 11.7 Å². The van der Waals surface area contributed by atoms with Gasteiger partial charge < -0.3 is 21.2 Å². The molecule has 0 saturated heterocycles. The third kappa shape index (κ3) is 5.35. The van der Waals surface area contributed by atoms with Crippen LogP contribution in [0.3, 0.4) is 0 Å². The SMILES string of the molecule is O=C(NO)C(=O)NCCNc1nonc1/C(=N/O)Nc1ccc(F)c(Br)c1. The van der Waals surface area contributed by atoms with Gasteiger partial charge in [0, 0.05) is 18.8 Å². The van der Waals surface area contributed by atoms with Gasteiger partial charge in [0.25, 0.3) is 0 Å². The number of hydrogen-bond donors (Lipinski definition) is 6. The molecule has 2 rings (SSSR count). The molecular formula is C13H13BrFN7O5. The van der Waals surface area contributed by atoms with Crippen molar-refractivity contribution in [2.24, 2.45) is 5.16 Å². The van der Waals surface area contributed by atoms with Crippen LogP contribution in [0.2, 0.25) is 0 Å². The minimum absolute atomic E-state index is 0.00247. The number of nitrogens with zero attached hydrogens (tertiary/aromatic N) is 3. The van der Waals surface area contributed by atoms with Crippen LogP contribution in [0, 0.1) is 5.82 Å². The summed E-state index contributed by atoms with van der Waals surface area (Å²) in [5.74, 6) is -2.76. The van der Waals surface area contributed by atoms with Crippen LogP contribution >= 0.6 is 15.9 Å². The van der Waals surface area contributed by atoms with Crippen LogP contribution in [-0.2, 0) is 9.59 Å². The molecule has 6 N–H and O–H groups in total. The molecule has 1 aromatic heterocycles. The number of aromatic nitrogens is 2. The number of nitrogens with one attached hydrogen (secondary N) is 4. The standard InChI is InChI=1S/C13H13BrFN7O5/c14-7-5-6(1-2-8(7)15)18-11(19-25)9-10(22-27-21-9)16-3-4-17-12(23)13(24)20-26/h1-2,5,25-26H,3-4H2,(H,16,22)(H,17,23)(H,18,19)(H,20,24). The molecule has 27 heavy (non-hydrogen) atoms. The molecular weight excluding hydrogens is 433 g/mol. The number of carbonyl (C=O) groups is 2. The first-order chi connectivity index (χ1) is 13.0. The second-order valence-corrected chi connectivity index (χ2v) is 5.64. The van der Waals surface area contributed by atoms with E-state index < -0.39 is 17.6 Å². The number of amides is 2. The van der Waals surface area contributed by atoms with Crippen LogP contribution in [0.1, 0.15) is 5.69 Å². The van der Waals surface area contributed by atoms with Crippen molar-refractivity contribution >= 4 is 45.1 Å². The van der Waals surface area contributed by atoms with Gasteiger partial charge >= 0.3 is 11.8 Å². The average Bonchev–Trinajstić information content (AvgIpc) is 3.13. The van der Waals surface area contributed by atoms with E-state index in [1.54, 1.807) is 0 Å². The van der Waals surface area contributed by atoms with Crippen molar-refractivity contribution in [3.63, 3.8) is 0 Å². The van der Waals surface area contributed by atoms with Crippen molar-refractivity contribution < 1.29 is 29.0 Å². The minimum atomic E-state index is -1.21. The number of halogens is 2. The zero-order valence-corrected chi connectivity index (χ0v) is 14.9. The lowest BCUT2D eigenvalue weighted by Gasteiger charge is -2.08. The number of anilines is 2. The van der Waals surface area contributed by atoms with E-state index in [0.717, 1.165) is 0 Å². The number of amidine groups is 1. The van der Waals surface area contributed by atoms with Gasteiger partial charge in [-0.25, -0.2) is 14.5 Å². The number of benzene rings is 1. The van der Waals surface area contributed by atoms with E-state index in [1.807, 2.05) is 0 Å². The largest absolute Gasteiger partial charge is 0.409 e. The summed E-state index contributed by atoms with van der Waals surface area (Å²) in [4.78, 5) is 22.0. The van der Waals surface area contributed by atoms with Crippen LogP contribution in [-0.4, -0.2) is 51.5 Å². The highest BCUT2D eigenvalue weighted by Crippen LogP contribution is 2.21. The number of hydrogen-bond acceptors (Lipinski definition) is 9. The number of rotatable bonds is 6. The Bertz CT molecular complexity index is 859. The van der Waals surface area contributed by atoms with Crippen molar-refractivity contribution in [1.29, 1.82) is 0 Å². The van der Waals surface area contributed by atoms with Crippen LogP contribution in [0.15, 0.2) is 32.5 Å². The van der Waals surface area contributed by atoms with Gasteiger partial charge in [-0.05, 0) is 44.4 Å². The molecule has 0 bridgehead atoms. The molecule has 14 heteroatoms. The van der Waals surface area contributed by atoms with Gasteiger partial charge in [-0.1, -0.05) is 5.16 Å². The molecule has 0 aliphatic heterocycles. The van der Waals surface area contributed by atoms with Gasteiger partial charge in [-0.3, -0.25) is 14.8 Å². The molecule has 2 amide bonds. The molecule has 12 nitrogen and oxygen atoms in total. The summed E-state index contributed by atoms with van der Waals surface area (Å²) in [6.07, 6.45) is 0. The van der Waals surface area contributed by atoms with E-state index in [2.05, 4.69) is 52.0 Å². The van der Waals surface area contributed by atoms with E-state index in [1.165, 1.54) is 23.7 Å². The van der Waals surface area contributed by atoms with Gasteiger partial charge in [0.15, 0.2) is 5.69 Å². The smallest absolute Gasteiger partial charge is 0.332 e. The summed E-state index contributed by atoms with van der Waals surface area (Å²) in [7, 11) is 0. The molecule has 0 fully saturated rings. The van der Waals surface area contributed by atoms with Gasteiger partial charge in [-0.15, -0.1) is 0 Å². The van der Waals surface area contributed by atoms with E-state index >= 15 is 0 Å². The molecule has 0 saturated carbocycles. The predicted octanol–water partition coefficient (Wildman–Crippen LogP) is 0.253. The fourth-order valence-electron chi connectivity index (χ4n) is 1.79. The maximum atomic E-state index is 13.3. The first-order valence-electron chi connectivity index (χ1n) is 7.19. The normalized spacial score (nSPS) is 11.0. The van der Waals surface area contributed by atoms with E-state index in [4.69, 9.17) is 5.21 Å². The summed E-state index contributed by atoms with van der Waals surface area (Å²) in [6, 6.07) is 4.03. The maximum absolute atomic E-state index is 13.3. The zero-order valence-electron chi connectivity index (χ0n) is 13.4. The molecule has 0 unspecified atom stereocenters. The fraction of sp³-hybridized carbons (Fsp3) is 0.154. The van der Waals surface area contributed by atoms with Gasteiger partial charge in [-0.2, -0.15) is 0 Å². The number of hydroxylamine groups is 1. The Morgan fingerprint density at radius 1 is 1.26 bits per heavy atom. The van der Waals surface area contributed by atoms with E-state index in [0.29, 0.717) is 5.69 Å². The zero-order chi connectivity index (χ0) is 19.8. The highest BCUT2D eigenvalue weighted by atomic mass is 79.9. The third-order valence-electron chi connectivity index (χ3n) is 3.01. The Balaban J connectivity index is 1.98. The van der Waals surface area contributed by atoms with Crippen molar-refractivity contribution in [2.45, 2.75) is 0 Å². The Hall–Kier alpha value is -3.26. The molecule has 1 aromatic carbocycles. The average molecular weight is 446 g/mol. The van der Waals surface area contributed by atoms with Crippen molar-refractivity contribution in [2.75, 3.05) is 23.7 Å². The third-order valence-corrected chi connectivity index (χ3v) is 3.61. The highest BCUT2D eigenvalue weighted by molar-refractivity contribution is 9.10. The predicted molar refractivity (Wildman–Crippen MR) is 91.8 cm³/mol. The Morgan fingerprint density at radius 3 is 2.70 bits per heavy atom. The van der Waals surface area contributed by atoms with Crippen LogP contribution in [0.4, 0.5) is 15.9 Å². The molecule has 0 radical (unpaired) electrons. The number of carbonyl (C=O) groups excluding carboxylic acids is 2. The quantitative estimate of drug-likeness (QED) is 0.0692. The molecule has 0 atom stereocenters. The van der Waals surface area contributed by atoms with Gasteiger partial charge in [0.05, 0.1) is 4.47 Å². The topological polar surface area (TPSA) is 174 Å². The second kappa shape index (κ2) is 9.44. The van der Waals surface area contributed by atoms with Crippen LogP contribution < -0.4 is 21.4 Å². The maximum Gasteiger partial charge on any atom is 0.332 e. The van der Waals surface area contributed by atoms with E-state index in [-0.39, 0.29) is 34.9 Å². The first-order valence-corrected chi connectivity index (χ1v) is 7.98. The first kappa shape index (κ1) is 20.1. The monoisotopic (exact) mass is 445 g/mol. The Morgan fingerprint density at radius 2 is 2.04 bits per heavy atom. The lowest BCUT2D eigenvalue weighted by molar-refractivity contribution is -0.144. The Kier molecular flexibility index (Phi) is 7.01. The molecule has 1 heterocycles. The number of oxime groups is 1. The molecule has 144 valence electrons. The second-order valence-electron chi connectivity index (χ2n) is 4.79. The molecule has 0 aliphatic rings. The minimum Gasteiger partial charge on any atom is -0.409 e. The van der Waals surface area contributed by atoms with Gasteiger partial charge in [0.1, 0.15) is 5.82 Å². The summed E-state index contributed by atoms with van der Waals surface area (Å²) < 4.78 is 18.1. The summed E-state index contributed by atoms with van der Waals surface area (Å²) in [6.45, 7) is 0.106. The fourth-order valence-corrected chi connectivity index (χ4v) is 2.17. The van der Waals surface area contributed by atoms with Crippen molar-refractivity contribution in [3.8, 4) is 0 Å². The molecule has 0 spiro atoms. The van der Waals surface area contributed by atoms with Crippen LogP contribution in [0.5, 0.6) is 0 Å².